The molecule has 0 fully saturated rings. The third kappa shape index (κ3) is 3.82. The van der Waals surface area contributed by atoms with Gasteiger partial charge in [0.1, 0.15) is 5.75 Å². The fourth-order valence-corrected chi connectivity index (χ4v) is 3.08. The Labute approximate surface area is 107 Å². The van der Waals surface area contributed by atoms with Gasteiger partial charge in [-0.1, -0.05) is 12.1 Å². The number of nitrogens with one attached hydrogen (secondary N) is 1. The summed E-state index contributed by atoms with van der Waals surface area (Å²) < 4.78 is 24.2. The van der Waals surface area contributed by atoms with Crippen molar-refractivity contribution in [2.24, 2.45) is 5.73 Å². The molecule has 0 aromatic heterocycles. The number of nitrogens with two attached hydrogens (primary N) is 1. The third-order valence-electron chi connectivity index (χ3n) is 2.47. The van der Waals surface area contributed by atoms with E-state index in [4.69, 9.17) is 5.73 Å². The van der Waals surface area contributed by atoms with Crippen LogP contribution >= 0.6 is 0 Å². The van der Waals surface area contributed by atoms with Crippen LogP contribution in [-0.4, -0.2) is 33.2 Å². The number of aryl methyl sites for hydroxylation is 2. The molecule has 6 heteroatoms. The van der Waals surface area contributed by atoms with Gasteiger partial charge < -0.3 is 11.1 Å². The largest absolute Gasteiger partial charge is 0.354 e. The van der Waals surface area contributed by atoms with Crippen LogP contribution in [0.1, 0.15) is 11.1 Å². The second-order valence-corrected chi connectivity index (χ2v) is 6.12. The Morgan fingerprint density at radius 2 is 2.00 bits per heavy atom. The monoisotopic (exact) mass is 270 g/mol. The zero-order valence-corrected chi connectivity index (χ0v) is 11.4. The van der Waals surface area contributed by atoms with Gasteiger partial charge in [-0.05, 0) is 31.0 Å². The minimum absolute atomic E-state index is 0.213. The van der Waals surface area contributed by atoms with Crippen molar-refractivity contribution in [2.75, 3.05) is 18.8 Å². The number of carbonyl (C=O) groups is 1. The zero-order chi connectivity index (χ0) is 13.8. The maximum Gasteiger partial charge on any atom is 0.235 e. The first kappa shape index (κ1) is 14.7. The van der Waals surface area contributed by atoms with Gasteiger partial charge in [0.2, 0.25) is 5.91 Å². The first-order valence-electron chi connectivity index (χ1n) is 5.63. The molecule has 0 saturated heterocycles. The highest BCUT2D eigenvalue weighted by atomic mass is 32.2. The summed E-state index contributed by atoms with van der Waals surface area (Å²) in [5.74, 6) is -1.07. The average molecular weight is 270 g/mol. The van der Waals surface area contributed by atoms with Crippen molar-refractivity contribution < 1.29 is 13.2 Å². The highest BCUT2D eigenvalue weighted by Crippen LogP contribution is 2.18. The number of sulfone groups is 1. The van der Waals surface area contributed by atoms with Gasteiger partial charge in [0.15, 0.2) is 9.84 Å². The molecule has 18 heavy (non-hydrogen) atoms. The van der Waals surface area contributed by atoms with Crippen molar-refractivity contribution in [3.8, 4) is 0 Å². The SMILES string of the molecule is Cc1ccc(C)c(S(=O)(=O)CC(=O)NCCN)c1. The summed E-state index contributed by atoms with van der Waals surface area (Å²) in [7, 11) is -3.60. The molecule has 0 spiro atoms. The molecule has 0 aliphatic rings. The molecule has 1 aromatic carbocycles. The summed E-state index contributed by atoms with van der Waals surface area (Å²) >= 11 is 0. The van der Waals surface area contributed by atoms with Gasteiger partial charge in [-0.2, -0.15) is 0 Å². The van der Waals surface area contributed by atoms with Crippen molar-refractivity contribution in [3.63, 3.8) is 0 Å². The molecule has 3 N–H and O–H groups in total. The third-order valence-corrected chi connectivity index (χ3v) is 4.22. The number of rotatable bonds is 5. The van der Waals surface area contributed by atoms with Crippen LogP contribution in [0.25, 0.3) is 0 Å². The molecule has 0 unspecified atom stereocenters. The highest BCUT2D eigenvalue weighted by Gasteiger charge is 2.21. The molecule has 1 rings (SSSR count). The van der Waals surface area contributed by atoms with E-state index in [9.17, 15) is 13.2 Å². The Bertz CT molecular complexity index is 538. The molecular formula is C12H18N2O3S. The molecule has 0 radical (unpaired) electrons. The Kier molecular flexibility index (Phi) is 4.86. The molecular weight excluding hydrogens is 252 g/mol. The van der Waals surface area contributed by atoms with Crippen LogP contribution in [0.3, 0.4) is 0 Å². The molecule has 0 aliphatic heterocycles. The molecule has 1 amide bonds. The summed E-state index contributed by atoms with van der Waals surface area (Å²) in [5.41, 5.74) is 6.73. The minimum Gasteiger partial charge on any atom is -0.354 e. The van der Waals surface area contributed by atoms with E-state index in [2.05, 4.69) is 5.32 Å². The molecule has 100 valence electrons. The van der Waals surface area contributed by atoms with Crippen molar-refractivity contribution >= 4 is 15.7 Å². The second kappa shape index (κ2) is 5.97. The van der Waals surface area contributed by atoms with E-state index in [0.717, 1.165) is 5.56 Å². The topological polar surface area (TPSA) is 89.3 Å². The lowest BCUT2D eigenvalue weighted by Gasteiger charge is -2.09. The summed E-state index contributed by atoms with van der Waals surface area (Å²) in [6.45, 7) is 4.09. The number of carbonyl (C=O) groups excluding carboxylic acids is 1. The Balaban J connectivity index is 2.93. The van der Waals surface area contributed by atoms with Crippen molar-refractivity contribution in [2.45, 2.75) is 18.7 Å². The predicted octanol–water partition coefficient (Wildman–Crippen LogP) is 0.152. The zero-order valence-electron chi connectivity index (χ0n) is 10.6. The van der Waals surface area contributed by atoms with E-state index in [1.807, 2.05) is 13.0 Å². The van der Waals surface area contributed by atoms with Gasteiger partial charge in [0.05, 0.1) is 4.90 Å². The smallest absolute Gasteiger partial charge is 0.235 e. The van der Waals surface area contributed by atoms with E-state index < -0.39 is 21.5 Å². The lowest BCUT2D eigenvalue weighted by atomic mass is 10.2. The van der Waals surface area contributed by atoms with E-state index in [0.29, 0.717) is 5.56 Å². The van der Waals surface area contributed by atoms with Gasteiger partial charge in [0, 0.05) is 13.1 Å². The second-order valence-electron chi connectivity index (χ2n) is 4.17. The Morgan fingerprint density at radius 3 is 2.61 bits per heavy atom. The molecule has 0 atom stereocenters. The summed E-state index contributed by atoms with van der Waals surface area (Å²) in [4.78, 5) is 11.7. The Morgan fingerprint density at radius 1 is 1.33 bits per heavy atom. The predicted molar refractivity (Wildman–Crippen MR) is 70.0 cm³/mol. The maximum atomic E-state index is 12.1. The summed E-state index contributed by atoms with van der Waals surface area (Å²) in [6, 6.07) is 5.16. The first-order valence-corrected chi connectivity index (χ1v) is 7.29. The molecule has 0 saturated carbocycles. The molecule has 0 heterocycles. The number of amides is 1. The summed E-state index contributed by atoms with van der Waals surface area (Å²) in [5, 5.41) is 2.45. The fourth-order valence-electron chi connectivity index (χ4n) is 1.56. The molecule has 0 aliphatic carbocycles. The van der Waals surface area contributed by atoms with E-state index in [1.54, 1.807) is 19.1 Å². The minimum atomic E-state index is -3.60. The highest BCUT2D eigenvalue weighted by molar-refractivity contribution is 7.92. The lowest BCUT2D eigenvalue weighted by molar-refractivity contribution is -0.118. The van der Waals surface area contributed by atoms with Gasteiger partial charge in [-0.25, -0.2) is 8.42 Å². The Hall–Kier alpha value is -1.40. The standard InChI is InChI=1S/C12H18N2O3S/c1-9-3-4-10(2)11(7-9)18(16,17)8-12(15)14-6-5-13/h3-4,7H,5-6,8,13H2,1-2H3,(H,14,15). The van der Waals surface area contributed by atoms with E-state index in [1.165, 1.54) is 0 Å². The van der Waals surface area contributed by atoms with Gasteiger partial charge >= 0.3 is 0 Å². The van der Waals surface area contributed by atoms with Crippen LogP contribution < -0.4 is 11.1 Å². The van der Waals surface area contributed by atoms with Crippen LogP contribution in [0, 0.1) is 13.8 Å². The number of benzene rings is 1. The van der Waals surface area contributed by atoms with Crippen LogP contribution in [-0.2, 0) is 14.6 Å². The normalized spacial score (nSPS) is 11.3. The van der Waals surface area contributed by atoms with Crippen LogP contribution in [0.4, 0.5) is 0 Å². The first-order chi connectivity index (χ1) is 8.36. The molecule has 5 nitrogen and oxygen atoms in total. The van der Waals surface area contributed by atoms with Crippen LogP contribution in [0.2, 0.25) is 0 Å². The maximum absolute atomic E-state index is 12.1. The van der Waals surface area contributed by atoms with Crippen molar-refractivity contribution in [3.05, 3.63) is 29.3 Å². The van der Waals surface area contributed by atoms with Gasteiger partial charge in [-0.3, -0.25) is 4.79 Å². The van der Waals surface area contributed by atoms with Crippen molar-refractivity contribution in [1.82, 2.24) is 5.32 Å². The van der Waals surface area contributed by atoms with E-state index >= 15 is 0 Å². The van der Waals surface area contributed by atoms with Crippen LogP contribution in [0.5, 0.6) is 0 Å². The lowest BCUT2D eigenvalue weighted by Crippen LogP contribution is -2.34. The molecule has 0 bridgehead atoms. The average Bonchev–Trinajstić information content (AvgIpc) is 2.29. The number of hydrogen-bond donors (Lipinski definition) is 2. The van der Waals surface area contributed by atoms with Gasteiger partial charge in [-0.15, -0.1) is 0 Å². The number of hydrogen-bond acceptors (Lipinski definition) is 4. The van der Waals surface area contributed by atoms with Crippen molar-refractivity contribution in [1.29, 1.82) is 0 Å². The van der Waals surface area contributed by atoms with Gasteiger partial charge in [0.25, 0.3) is 0 Å². The quantitative estimate of drug-likeness (QED) is 0.797. The summed E-state index contributed by atoms with van der Waals surface area (Å²) in [6.07, 6.45) is 0. The van der Waals surface area contributed by atoms with E-state index in [-0.39, 0.29) is 18.0 Å². The fraction of sp³-hybridized carbons (Fsp3) is 0.417. The van der Waals surface area contributed by atoms with Crippen LogP contribution in [0.15, 0.2) is 23.1 Å². The molecule has 1 aromatic rings.